The second-order valence-corrected chi connectivity index (χ2v) is 6.00. The molecule has 0 saturated carbocycles. The summed E-state index contributed by atoms with van der Waals surface area (Å²) in [4.78, 5) is 19.1. The lowest BCUT2D eigenvalue weighted by Crippen LogP contribution is -2.36. The summed E-state index contributed by atoms with van der Waals surface area (Å²) in [6.07, 6.45) is 6.36. The van der Waals surface area contributed by atoms with E-state index in [2.05, 4.69) is 36.9 Å². The molecule has 4 rings (SSSR count). The van der Waals surface area contributed by atoms with Gasteiger partial charge in [0.25, 0.3) is 0 Å². The van der Waals surface area contributed by atoms with Crippen LogP contribution in [0.5, 0.6) is 0 Å². The highest BCUT2D eigenvalue weighted by Gasteiger charge is 2.32. The van der Waals surface area contributed by atoms with Crippen LogP contribution in [0, 0.1) is 0 Å². The summed E-state index contributed by atoms with van der Waals surface area (Å²) in [6, 6.07) is 5.98. The predicted octanol–water partition coefficient (Wildman–Crippen LogP) is 2.29. The van der Waals surface area contributed by atoms with E-state index in [9.17, 15) is 0 Å². The van der Waals surface area contributed by atoms with Crippen LogP contribution in [0.1, 0.15) is 48.2 Å². The zero-order chi connectivity index (χ0) is 16.4. The molecule has 0 fully saturated rings. The highest BCUT2D eigenvalue weighted by Crippen LogP contribution is 2.33. The van der Waals surface area contributed by atoms with Crippen LogP contribution < -0.4 is 0 Å². The zero-order valence-corrected chi connectivity index (χ0v) is 13.6. The molecule has 0 spiro atoms. The quantitative estimate of drug-likeness (QED) is 0.775. The maximum absolute atomic E-state index is 5.42. The van der Waals surface area contributed by atoms with Crippen molar-refractivity contribution < 1.29 is 4.52 Å². The highest BCUT2D eigenvalue weighted by atomic mass is 16.5. The Bertz CT molecular complexity index is 796. The van der Waals surface area contributed by atoms with E-state index in [0.29, 0.717) is 12.4 Å². The van der Waals surface area contributed by atoms with E-state index in [1.54, 1.807) is 6.33 Å². The number of fused-ring (bicyclic) bond motifs is 1. The van der Waals surface area contributed by atoms with E-state index in [1.807, 2.05) is 24.4 Å². The number of aryl methyl sites for hydroxylation is 1. The lowest BCUT2D eigenvalue weighted by molar-refractivity contribution is 0.172. The summed E-state index contributed by atoms with van der Waals surface area (Å²) in [6.45, 7) is 3.60. The summed E-state index contributed by atoms with van der Waals surface area (Å²) in [7, 11) is 0. The lowest BCUT2D eigenvalue weighted by atomic mass is 9.99. The minimum atomic E-state index is 0.00252. The van der Waals surface area contributed by atoms with Gasteiger partial charge in [0.05, 0.1) is 30.3 Å². The molecule has 124 valence electrons. The van der Waals surface area contributed by atoms with Gasteiger partial charge in [-0.1, -0.05) is 18.1 Å². The lowest BCUT2D eigenvalue weighted by Gasteiger charge is -2.33. The van der Waals surface area contributed by atoms with Gasteiger partial charge in [0.1, 0.15) is 0 Å². The smallest absolute Gasteiger partial charge is 0.240 e. The highest BCUT2D eigenvalue weighted by molar-refractivity contribution is 5.28. The summed E-state index contributed by atoms with van der Waals surface area (Å²) in [5, 5.41) is 4.05. The van der Waals surface area contributed by atoms with E-state index < -0.39 is 0 Å². The average Bonchev–Trinajstić information content (AvgIpc) is 3.25. The Kier molecular flexibility index (Phi) is 4.08. The van der Waals surface area contributed by atoms with E-state index in [4.69, 9.17) is 4.52 Å². The van der Waals surface area contributed by atoms with Crippen molar-refractivity contribution in [1.82, 2.24) is 30.0 Å². The van der Waals surface area contributed by atoms with E-state index in [1.165, 1.54) is 5.69 Å². The predicted molar refractivity (Wildman–Crippen MR) is 87.1 cm³/mol. The van der Waals surface area contributed by atoms with Crippen molar-refractivity contribution in [3.63, 3.8) is 0 Å². The normalized spacial score (nSPS) is 17.8. The second kappa shape index (κ2) is 6.52. The van der Waals surface area contributed by atoms with Crippen LogP contribution in [0.4, 0.5) is 0 Å². The molecule has 1 aliphatic heterocycles. The van der Waals surface area contributed by atoms with Crippen molar-refractivity contribution in [3.8, 4) is 0 Å². The molecular formula is C17H20N6O. The molecule has 0 bridgehead atoms. The van der Waals surface area contributed by atoms with Crippen molar-refractivity contribution in [3.05, 3.63) is 59.5 Å². The Labute approximate surface area is 140 Å². The van der Waals surface area contributed by atoms with Gasteiger partial charge < -0.3 is 9.51 Å². The molecule has 7 nitrogen and oxygen atoms in total. The van der Waals surface area contributed by atoms with Crippen LogP contribution >= 0.6 is 0 Å². The third-order valence-electron chi connectivity index (χ3n) is 4.31. The minimum absolute atomic E-state index is 0.00252. The molecule has 0 aromatic carbocycles. The molecule has 0 aliphatic carbocycles. The van der Waals surface area contributed by atoms with Gasteiger partial charge in [0, 0.05) is 31.3 Å². The molecule has 7 heteroatoms. The Hall–Kier alpha value is -2.54. The molecule has 3 aromatic rings. The summed E-state index contributed by atoms with van der Waals surface area (Å²) in [5.74, 6) is 1.43. The van der Waals surface area contributed by atoms with Crippen LogP contribution in [-0.2, 0) is 19.4 Å². The van der Waals surface area contributed by atoms with E-state index in [-0.39, 0.29) is 6.04 Å². The molecule has 1 aliphatic rings. The number of nitrogens with zero attached hydrogens (tertiary/aromatic N) is 5. The van der Waals surface area contributed by atoms with Gasteiger partial charge in [-0.2, -0.15) is 4.98 Å². The molecular weight excluding hydrogens is 304 g/mol. The summed E-state index contributed by atoms with van der Waals surface area (Å²) in [5.41, 5.74) is 3.20. The molecule has 3 aromatic heterocycles. The largest absolute Gasteiger partial charge is 0.348 e. The van der Waals surface area contributed by atoms with E-state index >= 15 is 0 Å². The number of H-pyrrole nitrogens is 1. The minimum Gasteiger partial charge on any atom is -0.348 e. The fourth-order valence-electron chi connectivity index (χ4n) is 3.21. The number of nitrogens with one attached hydrogen (secondary N) is 1. The maximum Gasteiger partial charge on any atom is 0.240 e. The van der Waals surface area contributed by atoms with Gasteiger partial charge in [-0.05, 0) is 18.6 Å². The van der Waals surface area contributed by atoms with Gasteiger partial charge in [0.15, 0.2) is 5.82 Å². The first-order chi connectivity index (χ1) is 11.8. The van der Waals surface area contributed by atoms with Gasteiger partial charge in [-0.3, -0.25) is 9.88 Å². The van der Waals surface area contributed by atoms with Crippen molar-refractivity contribution in [2.24, 2.45) is 0 Å². The summed E-state index contributed by atoms with van der Waals surface area (Å²) < 4.78 is 5.42. The molecule has 1 N–H and O–H groups in total. The van der Waals surface area contributed by atoms with Gasteiger partial charge in [0.2, 0.25) is 5.89 Å². The van der Waals surface area contributed by atoms with Gasteiger partial charge >= 0.3 is 0 Å². The molecule has 1 unspecified atom stereocenters. The number of hydrogen-bond donors (Lipinski definition) is 1. The Morgan fingerprint density at radius 3 is 3.12 bits per heavy atom. The Morgan fingerprint density at radius 2 is 2.29 bits per heavy atom. The fraction of sp³-hybridized carbons (Fsp3) is 0.412. The Balaban J connectivity index is 1.63. The van der Waals surface area contributed by atoms with Crippen molar-refractivity contribution >= 4 is 0 Å². The van der Waals surface area contributed by atoms with Crippen LogP contribution in [0.3, 0.4) is 0 Å². The van der Waals surface area contributed by atoms with Crippen molar-refractivity contribution in [2.45, 2.75) is 38.8 Å². The molecule has 0 radical (unpaired) electrons. The number of pyridine rings is 1. The first-order valence-electron chi connectivity index (χ1n) is 8.33. The van der Waals surface area contributed by atoms with Crippen LogP contribution in [-0.4, -0.2) is 36.5 Å². The van der Waals surface area contributed by atoms with Crippen LogP contribution in [0.15, 0.2) is 35.2 Å². The van der Waals surface area contributed by atoms with Crippen LogP contribution in [0.2, 0.25) is 0 Å². The number of aromatic nitrogens is 5. The molecule has 24 heavy (non-hydrogen) atoms. The third kappa shape index (κ3) is 2.82. The van der Waals surface area contributed by atoms with Crippen molar-refractivity contribution in [2.75, 3.05) is 6.54 Å². The molecule has 0 saturated heterocycles. The maximum atomic E-state index is 5.42. The van der Waals surface area contributed by atoms with E-state index in [0.717, 1.165) is 43.0 Å². The average molecular weight is 324 g/mol. The number of hydrogen-bond acceptors (Lipinski definition) is 6. The monoisotopic (exact) mass is 324 g/mol. The molecule has 4 heterocycles. The molecule has 1 atom stereocenters. The van der Waals surface area contributed by atoms with Gasteiger partial charge in [-0.25, -0.2) is 4.98 Å². The topological polar surface area (TPSA) is 83.7 Å². The fourth-order valence-corrected chi connectivity index (χ4v) is 3.21. The standard InChI is InChI=1S/C17H20N6O/c1-2-5-14-21-15(24-22-14)10-23-9-7-12-16(20-11-19-12)17(23)13-6-3-4-8-18-13/h3-4,6,8,11,17H,2,5,7,9-10H2,1H3,(H,19,20). The number of rotatable bonds is 5. The summed E-state index contributed by atoms with van der Waals surface area (Å²) >= 11 is 0. The SMILES string of the molecule is CCCc1noc(CN2CCc3[nH]cnc3C2c2ccccn2)n1. The van der Waals surface area contributed by atoms with Crippen molar-refractivity contribution in [1.29, 1.82) is 0 Å². The molecule has 0 amide bonds. The third-order valence-corrected chi connectivity index (χ3v) is 4.31. The second-order valence-electron chi connectivity index (χ2n) is 6.00. The van der Waals surface area contributed by atoms with Gasteiger partial charge in [-0.15, -0.1) is 0 Å². The first-order valence-corrected chi connectivity index (χ1v) is 8.33. The zero-order valence-electron chi connectivity index (χ0n) is 13.6. The first kappa shape index (κ1) is 15.0. The number of aromatic amines is 1. The Morgan fingerprint density at radius 1 is 1.33 bits per heavy atom. The number of imidazole rings is 1. The van der Waals surface area contributed by atoms with Crippen LogP contribution in [0.25, 0.3) is 0 Å².